The van der Waals surface area contributed by atoms with Crippen LogP contribution in [0.5, 0.6) is 0 Å². The number of carbonyl (C=O) groups is 2. The Balaban J connectivity index is 2.54. The minimum absolute atomic E-state index is 0.0875. The molecule has 0 heterocycles. The molecule has 1 aromatic rings. The Morgan fingerprint density at radius 1 is 1.38 bits per heavy atom. The van der Waals surface area contributed by atoms with Gasteiger partial charge in [0.1, 0.15) is 5.82 Å². The summed E-state index contributed by atoms with van der Waals surface area (Å²) in [5, 5.41) is 5.22. The smallest absolute Gasteiger partial charge is 0.238 e. The molecule has 21 heavy (non-hydrogen) atoms. The van der Waals surface area contributed by atoms with Crippen molar-refractivity contribution >= 4 is 33.4 Å². The average Bonchev–Trinajstić information content (AvgIpc) is 2.37. The molecular weight excluding hydrogens is 341 g/mol. The predicted molar refractivity (Wildman–Crippen MR) is 83.2 cm³/mol. The topological polar surface area (TPSA) is 84.2 Å². The first kappa shape index (κ1) is 17.6. The van der Waals surface area contributed by atoms with Crippen molar-refractivity contribution in [1.82, 2.24) is 5.32 Å². The zero-order chi connectivity index (χ0) is 16.0. The van der Waals surface area contributed by atoms with E-state index in [-0.39, 0.29) is 18.2 Å². The Morgan fingerprint density at radius 3 is 2.57 bits per heavy atom. The molecule has 0 spiro atoms. The van der Waals surface area contributed by atoms with Gasteiger partial charge in [0.15, 0.2) is 0 Å². The lowest BCUT2D eigenvalue weighted by molar-refractivity contribution is -0.120. The third-order valence-corrected chi connectivity index (χ3v) is 3.26. The summed E-state index contributed by atoms with van der Waals surface area (Å²) in [6.07, 6.45) is 0.537. The fourth-order valence-electron chi connectivity index (χ4n) is 1.77. The molecule has 0 aliphatic carbocycles. The van der Waals surface area contributed by atoms with Gasteiger partial charge in [0.25, 0.3) is 0 Å². The van der Waals surface area contributed by atoms with Gasteiger partial charge in [-0.2, -0.15) is 0 Å². The minimum Gasteiger partial charge on any atom is -0.368 e. The summed E-state index contributed by atoms with van der Waals surface area (Å²) in [5.41, 5.74) is 5.35. The zero-order valence-corrected chi connectivity index (χ0v) is 13.5. The minimum atomic E-state index is -0.578. The van der Waals surface area contributed by atoms with E-state index in [2.05, 4.69) is 26.6 Å². The van der Waals surface area contributed by atoms with Gasteiger partial charge in [0.05, 0.1) is 18.3 Å². The molecule has 1 aromatic carbocycles. The number of hydrogen-bond donors (Lipinski definition) is 3. The lowest BCUT2D eigenvalue weighted by Gasteiger charge is -2.17. The van der Waals surface area contributed by atoms with Gasteiger partial charge in [-0.15, -0.1) is 0 Å². The van der Waals surface area contributed by atoms with E-state index in [4.69, 9.17) is 5.73 Å². The van der Waals surface area contributed by atoms with E-state index in [1.54, 1.807) is 6.07 Å². The Labute approximate surface area is 131 Å². The molecule has 2 amide bonds. The lowest BCUT2D eigenvalue weighted by atomic mass is 10.0. The molecule has 1 rings (SSSR count). The predicted octanol–water partition coefficient (Wildman–Crippen LogP) is 2.02. The number of benzene rings is 1. The third kappa shape index (κ3) is 6.22. The maximum atomic E-state index is 13.6. The largest absolute Gasteiger partial charge is 0.368 e. The van der Waals surface area contributed by atoms with Crippen molar-refractivity contribution in [2.45, 2.75) is 26.3 Å². The van der Waals surface area contributed by atoms with Crippen LogP contribution in [-0.4, -0.2) is 24.4 Å². The number of carbonyl (C=O) groups excluding carboxylic acids is 2. The highest BCUT2D eigenvalue weighted by Crippen LogP contribution is 2.19. The fourth-order valence-corrected chi connectivity index (χ4v) is 2.11. The van der Waals surface area contributed by atoms with Gasteiger partial charge in [-0.05, 0) is 30.5 Å². The summed E-state index contributed by atoms with van der Waals surface area (Å²) in [4.78, 5) is 23.0. The summed E-state index contributed by atoms with van der Waals surface area (Å²) in [6, 6.07) is 3.76. The molecule has 0 fully saturated rings. The monoisotopic (exact) mass is 359 g/mol. The first-order valence-corrected chi connectivity index (χ1v) is 7.36. The van der Waals surface area contributed by atoms with Crippen LogP contribution in [0.2, 0.25) is 0 Å². The van der Waals surface area contributed by atoms with Crippen LogP contribution in [0.3, 0.4) is 0 Å². The summed E-state index contributed by atoms with van der Waals surface area (Å²) < 4.78 is 14.2. The third-order valence-electron chi connectivity index (χ3n) is 2.76. The second kappa shape index (κ2) is 8.09. The van der Waals surface area contributed by atoms with E-state index in [1.807, 2.05) is 13.8 Å². The van der Waals surface area contributed by atoms with Crippen LogP contribution in [-0.2, 0) is 9.59 Å². The molecule has 116 valence electrons. The van der Waals surface area contributed by atoms with Crippen molar-refractivity contribution < 1.29 is 14.0 Å². The van der Waals surface area contributed by atoms with Crippen molar-refractivity contribution in [2.24, 2.45) is 11.7 Å². The first-order chi connectivity index (χ1) is 9.79. The molecular formula is C14H19BrFN3O2. The van der Waals surface area contributed by atoms with Crippen molar-refractivity contribution in [3.63, 3.8) is 0 Å². The molecule has 0 aliphatic rings. The SMILES string of the molecule is CC(C)C[C@H](NCC(=O)Nc1ccc(Br)cc1F)C(N)=O. The van der Waals surface area contributed by atoms with Gasteiger partial charge in [-0.3, -0.25) is 14.9 Å². The van der Waals surface area contributed by atoms with Crippen molar-refractivity contribution in [2.75, 3.05) is 11.9 Å². The van der Waals surface area contributed by atoms with Crippen LogP contribution < -0.4 is 16.4 Å². The second-order valence-electron chi connectivity index (χ2n) is 5.14. The molecule has 0 unspecified atom stereocenters. The Hall–Kier alpha value is -1.47. The highest BCUT2D eigenvalue weighted by atomic mass is 79.9. The normalized spacial score (nSPS) is 12.2. The molecule has 0 radical (unpaired) electrons. The highest BCUT2D eigenvalue weighted by molar-refractivity contribution is 9.10. The molecule has 0 saturated carbocycles. The van der Waals surface area contributed by atoms with Crippen LogP contribution >= 0.6 is 15.9 Å². The van der Waals surface area contributed by atoms with Crippen LogP contribution in [0.4, 0.5) is 10.1 Å². The van der Waals surface area contributed by atoms with Gasteiger partial charge in [-0.25, -0.2) is 4.39 Å². The van der Waals surface area contributed by atoms with Crippen LogP contribution in [0, 0.1) is 11.7 Å². The van der Waals surface area contributed by atoms with Gasteiger partial charge in [0.2, 0.25) is 11.8 Å². The number of hydrogen-bond acceptors (Lipinski definition) is 3. The Kier molecular flexibility index (Phi) is 6.77. The van der Waals surface area contributed by atoms with Gasteiger partial charge in [0, 0.05) is 4.47 Å². The van der Waals surface area contributed by atoms with E-state index in [0.717, 1.165) is 0 Å². The van der Waals surface area contributed by atoms with E-state index in [0.29, 0.717) is 10.9 Å². The molecule has 0 aromatic heterocycles. The zero-order valence-electron chi connectivity index (χ0n) is 12.0. The Morgan fingerprint density at radius 2 is 2.05 bits per heavy atom. The summed E-state index contributed by atoms with van der Waals surface area (Å²) in [7, 11) is 0. The number of nitrogens with two attached hydrogens (primary N) is 1. The van der Waals surface area contributed by atoms with Crippen molar-refractivity contribution in [3.8, 4) is 0 Å². The van der Waals surface area contributed by atoms with E-state index >= 15 is 0 Å². The van der Waals surface area contributed by atoms with E-state index in [9.17, 15) is 14.0 Å². The Bertz CT molecular complexity index is 523. The second-order valence-corrected chi connectivity index (χ2v) is 6.05. The lowest BCUT2D eigenvalue weighted by Crippen LogP contribution is -2.45. The van der Waals surface area contributed by atoms with Crippen molar-refractivity contribution in [3.05, 3.63) is 28.5 Å². The maximum absolute atomic E-state index is 13.6. The molecule has 5 nitrogen and oxygen atoms in total. The van der Waals surface area contributed by atoms with Gasteiger partial charge in [-0.1, -0.05) is 29.8 Å². The fraction of sp³-hybridized carbons (Fsp3) is 0.429. The number of anilines is 1. The quantitative estimate of drug-likeness (QED) is 0.696. The standard InChI is InChI=1S/C14H19BrFN3O2/c1-8(2)5-12(14(17)21)18-7-13(20)19-11-4-3-9(15)6-10(11)16/h3-4,6,8,12,18H,5,7H2,1-2H3,(H2,17,21)(H,19,20)/t12-/m0/s1. The summed E-state index contributed by atoms with van der Waals surface area (Å²) >= 11 is 3.13. The molecule has 4 N–H and O–H groups in total. The number of primary amides is 1. The van der Waals surface area contributed by atoms with Crippen molar-refractivity contribution in [1.29, 1.82) is 0 Å². The summed E-state index contributed by atoms with van der Waals surface area (Å²) in [5.74, 6) is -1.22. The maximum Gasteiger partial charge on any atom is 0.238 e. The van der Waals surface area contributed by atoms with Crippen LogP contribution in [0.25, 0.3) is 0 Å². The van der Waals surface area contributed by atoms with Crippen LogP contribution in [0.15, 0.2) is 22.7 Å². The van der Waals surface area contributed by atoms with E-state index < -0.39 is 23.7 Å². The highest BCUT2D eigenvalue weighted by Gasteiger charge is 2.17. The van der Waals surface area contributed by atoms with E-state index in [1.165, 1.54) is 12.1 Å². The molecule has 0 saturated heterocycles. The molecule has 1 atom stereocenters. The summed E-state index contributed by atoms with van der Waals surface area (Å²) in [6.45, 7) is 3.79. The van der Waals surface area contributed by atoms with Gasteiger partial charge < -0.3 is 11.1 Å². The van der Waals surface area contributed by atoms with Gasteiger partial charge >= 0.3 is 0 Å². The molecule has 7 heteroatoms. The number of rotatable bonds is 7. The molecule has 0 bridgehead atoms. The number of halogens is 2. The first-order valence-electron chi connectivity index (χ1n) is 6.57. The average molecular weight is 360 g/mol. The number of amides is 2. The van der Waals surface area contributed by atoms with Crippen LogP contribution in [0.1, 0.15) is 20.3 Å². The number of nitrogens with one attached hydrogen (secondary N) is 2. The molecule has 0 aliphatic heterocycles.